The molecule has 6 nitrogen and oxygen atoms in total. The first kappa shape index (κ1) is 18.0. The molecule has 0 saturated carbocycles. The van der Waals surface area contributed by atoms with Gasteiger partial charge in [-0.05, 0) is 12.1 Å². The average Bonchev–Trinajstić information content (AvgIpc) is 2.97. The molecule has 0 fully saturated rings. The summed E-state index contributed by atoms with van der Waals surface area (Å²) in [5.74, 6) is 0. The highest BCUT2D eigenvalue weighted by atomic mass is 19.4. The Hall–Kier alpha value is -2.84. The number of aldehydes is 1. The molecule has 1 aromatic heterocycles. The van der Waals surface area contributed by atoms with Gasteiger partial charge >= 0.3 is 12.3 Å². The fourth-order valence-corrected chi connectivity index (χ4v) is 3.06. The van der Waals surface area contributed by atoms with Crippen molar-refractivity contribution in [3.63, 3.8) is 0 Å². The molecule has 0 spiro atoms. The van der Waals surface area contributed by atoms with Crippen LogP contribution < -0.4 is 0 Å². The molecule has 1 aliphatic rings. The molecule has 26 heavy (non-hydrogen) atoms. The molecule has 0 saturated heterocycles. The van der Waals surface area contributed by atoms with Gasteiger partial charge in [0, 0.05) is 42.8 Å². The second kappa shape index (κ2) is 6.81. The first-order valence-electron chi connectivity index (χ1n) is 7.99. The quantitative estimate of drug-likeness (QED) is 0.842. The summed E-state index contributed by atoms with van der Waals surface area (Å²) >= 11 is 0. The Balaban J connectivity index is 2.02. The molecule has 0 aliphatic carbocycles. The minimum absolute atomic E-state index is 0.113. The molecule has 1 amide bonds. The molecule has 0 unspecified atom stereocenters. The lowest BCUT2D eigenvalue weighted by Gasteiger charge is -2.25. The number of hydrogen-bond acceptors (Lipinski definition) is 3. The predicted octanol–water partition coefficient (Wildman–Crippen LogP) is 3.19. The number of nitrogens with zero attached hydrogens (tertiary/aromatic N) is 3. The van der Waals surface area contributed by atoms with Gasteiger partial charge in [-0.2, -0.15) is 18.3 Å². The number of carbonyl (C=O) groups excluding carboxylic acids is 1. The van der Waals surface area contributed by atoms with Gasteiger partial charge < -0.3 is 14.8 Å². The highest BCUT2D eigenvalue weighted by Gasteiger charge is 2.31. The topological polar surface area (TPSA) is 75.4 Å². The van der Waals surface area contributed by atoms with Crippen LogP contribution in [0.2, 0.25) is 0 Å². The monoisotopic (exact) mass is 367 g/mol. The zero-order chi connectivity index (χ0) is 18.9. The summed E-state index contributed by atoms with van der Waals surface area (Å²) < 4.78 is 39.9. The van der Waals surface area contributed by atoms with E-state index < -0.39 is 17.8 Å². The van der Waals surface area contributed by atoms with Crippen LogP contribution in [0.15, 0.2) is 24.3 Å². The Morgan fingerprint density at radius 1 is 1.27 bits per heavy atom. The van der Waals surface area contributed by atoms with Crippen LogP contribution in [-0.2, 0) is 30.5 Å². The molecule has 0 radical (unpaired) electrons. The second-order valence-electron chi connectivity index (χ2n) is 5.98. The lowest BCUT2D eigenvalue weighted by Crippen LogP contribution is -2.35. The largest absolute Gasteiger partial charge is 0.465 e. The SMILES string of the molecule is O=CCCn1nc(-c2ccc(C(F)(F)F)cc2)c2c1CCN(C(=O)O)C2. The van der Waals surface area contributed by atoms with Gasteiger partial charge in [-0.25, -0.2) is 4.79 Å². The maximum absolute atomic E-state index is 12.8. The van der Waals surface area contributed by atoms with E-state index >= 15 is 0 Å². The number of carboxylic acid groups (broad SMARTS) is 1. The fourth-order valence-electron chi connectivity index (χ4n) is 3.06. The number of benzene rings is 1. The highest BCUT2D eigenvalue weighted by molar-refractivity contribution is 5.69. The van der Waals surface area contributed by atoms with Gasteiger partial charge in [0.2, 0.25) is 0 Å². The molecule has 1 aliphatic heterocycles. The number of fused-ring (bicyclic) bond motifs is 1. The van der Waals surface area contributed by atoms with Crippen molar-refractivity contribution >= 4 is 12.4 Å². The number of alkyl halides is 3. The van der Waals surface area contributed by atoms with E-state index in [4.69, 9.17) is 0 Å². The summed E-state index contributed by atoms with van der Waals surface area (Å²) in [4.78, 5) is 23.2. The van der Waals surface area contributed by atoms with Crippen molar-refractivity contribution in [2.75, 3.05) is 6.54 Å². The maximum Gasteiger partial charge on any atom is 0.416 e. The van der Waals surface area contributed by atoms with Crippen LogP contribution in [-0.4, -0.2) is 38.7 Å². The van der Waals surface area contributed by atoms with E-state index in [1.807, 2.05) is 0 Å². The molecule has 2 aromatic rings. The maximum atomic E-state index is 12.8. The van der Waals surface area contributed by atoms with Crippen LogP contribution in [0.25, 0.3) is 11.3 Å². The fraction of sp³-hybridized carbons (Fsp3) is 0.353. The molecule has 2 heterocycles. The van der Waals surface area contributed by atoms with Crippen molar-refractivity contribution in [2.24, 2.45) is 0 Å². The van der Waals surface area contributed by atoms with Gasteiger partial charge in [0.15, 0.2) is 0 Å². The molecule has 0 bridgehead atoms. The van der Waals surface area contributed by atoms with Crippen molar-refractivity contribution < 1.29 is 27.9 Å². The van der Waals surface area contributed by atoms with E-state index in [0.29, 0.717) is 36.3 Å². The molecular weight excluding hydrogens is 351 g/mol. The van der Waals surface area contributed by atoms with E-state index in [9.17, 15) is 27.9 Å². The lowest BCUT2D eigenvalue weighted by molar-refractivity contribution is -0.137. The number of aromatic nitrogens is 2. The van der Waals surface area contributed by atoms with Gasteiger partial charge in [0.05, 0.1) is 17.8 Å². The van der Waals surface area contributed by atoms with Crippen LogP contribution >= 0.6 is 0 Å². The normalized spacial score (nSPS) is 14.2. The summed E-state index contributed by atoms with van der Waals surface area (Å²) in [5, 5.41) is 13.7. The molecule has 0 atom stereocenters. The molecule has 1 N–H and O–H groups in total. The summed E-state index contributed by atoms with van der Waals surface area (Å²) in [5.41, 5.74) is 1.66. The minimum Gasteiger partial charge on any atom is -0.465 e. The predicted molar refractivity (Wildman–Crippen MR) is 85.5 cm³/mol. The van der Waals surface area contributed by atoms with Crippen LogP contribution in [0, 0.1) is 0 Å². The summed E-state index contributed by atoms with van der Waals surface area (Å²) in [6.45, 7) is 0.767. The third-order valence-corrected chi connectivity index (χ3v) is 4.35. The molecule has 1 aromatic carbocycles. The van der Waals surface area contributed by atoms with Gasteiger partial charge in [0.25, 0.3) is 0 Å². The standard InChI is InChI=1S/C17H16F3N3O3/c18-17(19,20)12-4-2-11(3-5-12)15-13-10-22(16(25)26)8-6-14(13)23(21-15)7-1-9-24/h2-5,9H,1,6-8,10H2,(H,25,26). The summed E-state index contributed by atoms with van der Waals surface area (Å²) in [6, 6.07) is 4.61. The van der Waals surface area contributed by atoms with Crippen molar-refractivity contribution in [3.8, 4) is 11.3 Å². The van der Waals surface area contributed by atoms with Gasteiger partial charge in [-0.1, -0.05) is 12.1 Å². The van der Waals surface area contributed by atoms with Crippen molar-refractivity contribution in [2.45, 2.75) is 32.1 Å². The average molecular weight is 367 g/mol. The molecule has 9 heteroatoms. The number of amides is 1. The van der Waals surface area contributed by atoms with E-state index in [2.05, 4.69) is 5.10 Å². The van der Waals surface area contributed by atoms with Crippen LogP contribution in [0.5, 0.6) is 0 Å². The molecule has 3 rings (SSSR count). The minimum atomic E-state index is -4.43. The molecular formula is C17H16F3N3O3. The van der Waals surface area contributed by atoms with Crippen molar-refractivity contribution in [1.82, 2.24) is 14.7 Å². The summed E-state index contributed by atoms with van der Waals surface area (Å²) in [7, 11) is 0. The van der Waals surface area contributed by atoms with Crippen molar-refractivity contribution in [3.05, 3.63) is 41.1 Å². The van der Waals surface area contributed by atoms with E-state index in [1.165, 1.54) is 17.0 Å². The Labute approximate surface area is 146 Å². The van der Waals surface area contributed by atoms with E-state index in [0.717, 1.165) is 24.1 Å². The number of halogens is 3. The van der Waals surface area contributed by atoms with E-state index in [-0.39, 0.29) is 13.0 Å². The lowest BCUT2D eigenvalue weighted by atomic mass is 10.00. The Morgan fingerprint density at radius 3 is 2.54 bits per heavy atom. The first-order chi connectivity index (χ1) is 12.3. The van der Waals surface area contributed by atoms with E-state index in [1.54, 1.807) is 4.68 Å². The molecule has 138 valence electrons. The van der Waals surface area contributed by atoms with Gasteiger partial charge in [-0.3, -0.25) is 4.68 Å². The van der Waals surface area contributed by atoms with Crippen LogP contribution in [0.4, 0.5) is 18.0 Å². The Bertz CT molecular complexity index is 828. The first-order valence-corrected chi connectivity index (χ1v) is 7.99. The Morgan fingerprint density at radius 2 is 1.96 bits per heavy atom. The van der Waals surface area contributed by atoms with Crippen molar-refractivity contribution in [1.29, 1.82) is 0 Å². The number of hydrogen-bond donors (Lipinski definition) is 1. The zero-order valence-corrected chi connectivity index (χ0v) is 13.7. The third kappa shape index (κ3) is 3.42. The van der Waals surface area contributed by atoms with Gasteiger partial charge in [-0.15, -0.1) is 0 Å². The van der Waals surface area contributed by atoms with Crippen LogP contribution in [0.3, 0.4) is 0 Å². The zero-order valence-electron chi connectivity index (χ0n) is 13.7. The highest BCUT2D eigenvalue weighted by Crippen LogP contribution is 2.33. The third-order valence-electron chi connectivity index (χ3n) is 4.35. The smallest absolute Gasteiger partial charge is 0.416 e. The summed E-state index contributed by atoms with van der Waals surface area (Å²) in [6.07, 6.45) is -4.04. The number of carbonyl (C=O) groups is 2. The number of aryl methyl sites for hydroxylation is 1. The number of rotatable bonds is 4. The Kier molecular flexibility index (Phi) is 4.71. The second-order valence-corrected chi connectivity index (χ2v) is 5.98. The van der Waals surface area contributed by atoms with Gasteiger partial charge in [0.1, 0.15) is 6.29 Å². The van der Waals surface area contributed by atoms with Crippen LogP contribution in [0.1, 0.15) is 23.2 Å².